The molecule has 0 radical (unpaired) electrons. The Morgan fingerprint density at radius 3 is 2.68 bits per heavy atom. The molecule has 0 aliphatic carbocycles. The number of carbonyl (C=O) groups is 1. The van der Waals surface area contributed by atoms with E-state index in [-0.39, 0.29) is 5.78 Å². The van der Waals surface area contributed by atoms with E-state index in [4.69, 9.17) is 0 Å². The number of benzene rings is 2. The molecule has 0 amide bonds. The van der Waals surface area contributed by atoms with Crippen LogP contribution in [0.3, 0.4) is 0 Å². The van der Waals surface area contributed by atoms with Crippen molar-refractivity contribution < 1.29 is 4.79 Å². The molecule has 0 unspecified atom stereocenters. The van der Waals surface area contributed by atoms with Gasteiger partial charge in [-0.25, -0.2) is 9.97 Å². The van der Waals surface area contributed by atoms with Gasteiger partial charge in [0.15, 0.2) is 11.4 Å². The molecule has 0 saturated heterocycles. The highest BCUT2D eigenvalue weighted by molar-refractivity contribution is 5.98. The lowest BCUT2D eigenvalue weighted by atomic mass is 9.97. The number of fused-ring (bicyclic) bond motifs is 1. The molecule has 7 nitrogen and oxygen atoms in total. The lowest BCUT2D eigenvalue weighted by Gasteiger charge is -2.14. The molecule has 0 spiro atoms. The van der Waals surface area contributed by atoms with Crippen molar-refractivity contribution >= 4 is 11.4 Å². The number of hydrogen-bond acceptors (Lipinski definition) is 5. The van der Waals surface area contributed by atoms with Gasteiger partial charge in [0.1, 0.15) is 11.5 Å². The highest BCUT2D eigenvalue weighted by Crippen LogP contribution is 2.19. The maximum Gasteiger partial charge on any atom is 0.167 e. The molecule has 3 heterocycles. The van der Waals surface area contributed by atoms with E-state index in [0.717, 1.165) is 51.7 Å². The number of rotatable bonds is 6. The standard InChI is InChI=1S/C30H28N6O/c1-21-13-23(15-27(14-21)36-12-10-32-30(36)20-34(3)4)16-28(37)25-6-5-22(2)24(17-25)7-8-26-18-33-29-19-31-9-11-35(26)29/h5-6,9-15,17-19H,16,20H2,1-4H3. The minimum Gasteiger partial charge on any atom is -0.303 e. The average Bonchev–Trinajstić information content (AvgIpc) is 3.49. The summed E-state index contributed by atoms with van der Waals surface area (Å²) in [6.45, 7) is 4.78. The number of aryl methyl sites for hydroxylation is 2. The van der Waals surface area contributed by atoms with Gasteiger partial charge in [-0.3, -0.25) is 14.2 Å². The summed E-state index contributed by atoms with van der Waals surface area (Å²) in [5, 5.41) is 0. The summed E-state index contributed by atoms with van der Waals surface area (Å²) in [5.41, 5.74) is 7.09. The van der Waals surface area contributed by atoms with E-state index >= 15 is 0 Å². The first-order valence-electron chi connectivity index (χ1n) is 12.1. The minimum absolute atomic E-state index is 0.0552. The fourth-order valence-corrected chi connectivity index (χ4v) is 4.33. The zero-order valence-corrected chi connectivity index (χ0v) is 21.4. The molecule has 7 heteroatoms. The number of nitrogens with zero attached hydrogens (tertiary/aromatic N) is 6. The third-order valence-corrected chi connectivity index (χ3v) is 6.14. The summed E-state index contributed by atoms with van der Waals surface area (Å²) in [6.07, 6.45) is 11.0. The van der Waals surface area contributed by atoms with Crippen LogP contribution in [0.25, 0.3) is 11.3 Å². The average molecular weight is 489 g/mol. The van der Waals surface area contributed by atoms with Gasteiger partial charge in [0.2, 0.25) is 0 Å². The van der Waals surface area contributed by atoms with Crippen LogP contribution in [0, 0.1) is 25.7 Å². The Kier molecular flexibility index (Phi) is 6.67. The lowest BCUT2D eigenvalue weighted by molar-refractivity contribution is 0.0993. The maximum atomic E-state index is 13.3. The van der Waals surface area contributed by atoms with Gasteiger partial charge in [-0.2, -0.15) is 0 Å². The second-order valence-corrected chi connectivity index (χ2v) is 9.46. The molecule has 184 valence electrons. The van der Waals surface area contributed by atoms with E-state index in [1.165, 1.54) is 0 Å². The van der Waals surface area contributed by atoms with Crippen molar-refractivity contribution in [2.24, 2.45) is 0 Å². The zero-order valence-electron chi connectivity index (χ0n) is 21.4. The van der Waals surface area contributed by atoms with Gasteiger partial charge >= 0.3 is 0 Å². The van der Waals surface area contributed by atoms with E-state index in [1.54, 1.807) is 18.6 Å². The molecule has 37 heavy (non-hydrogen) atoms. The van der Waals surface area contributed by atoms with Crippen LogP contribution in [0.5, 0.6) is 0 Å². The first-order valence-corrected chi connectivity index (χ1v) is 12.1. The van der Waals surface area contributed by atoms with Gasteiger partial charge in [-0.1, -0.05) is 24.1 Å². The molecular formula is C30H28N6O. The SMILES string of the molecule is Cc1cc(CC(=O)c2ccc(C)c(C#Cc3cnc4cnccn34)c2)cc(-n2ccnc2CN(C)C)c1. The normalized spacial score (nSPS) is 11.1. The molecular weight excluding hydrogens is 460 g/mol. The lowest BCUT2D eigenvalue weighted by Crippen LogP contribution is -2.15. The first kappa shape index (κ1) is 24.2. The van der Waals surface area contributed by atoms with Crippen LogP contribution in [0.15, 0.2) is 73.6 Å². The van der Waals surface area contributed by atoms with Gasteiger partial charge in [-0.05, 0) is 68.8 Å². The Hall–Kier alpha value is -4.54. The van der Waals surface area contributed by atoms with E-state index in [2.05, 4.69) is 61.4 Å². The summed E-state index contributed by atoms with van der Waals surface area (Å²) in [4.78, 5) is 28.3. The van der Waals surface area contributed by atoms with Crippen LogP contribution in [-0.2, 0) is 13.0 Å². The predicted molar refractivity (Wildman–Crippen MR) is 144 cm³/mol. The fourth-order valence-electron chi connectivity index (χ4n) is 4.33. The highest BCUT2D eigenvalue weighted by atomic mass is 16.1. The van der Waals surface area contributed by atoms with Crippen molar-refractivity contribution in [1.82, 2.24) is 28.8 Å². The summed E-state index contributed by atoms with van der Waals surface area (Å²) < 4.78 is 3.97. The van der Waals surface area contributed by atoms with Crippen molar-refractivity contribution in [2.45, 2.75) is 26.8 Å². The Bertz CT molecular complexity index is 1660. The van der Waals surface area contributed by atoms with E-state index in [9.17, 15) is 4.79 Å². The monoisotopic (exact) mass is 488 g/mol. The van der Waals surface area contributed by atoms with E-state index in [0.29, 0.717) is 12.0 Å². The number of hydrogen-bond donors (Lipinski definition) is 0. The quantitative estimate of drug-likeness (QED) is 0.262. The Balaban J connectivity index is 1.40. The van der Waals surface area contributed by atoms with Gasteiger partial charge < -0.3 is 9.47 Å². The smallest absolute Gasteiger partial charge is 0.167 e. The van der Waals surface area contributed by atoms with E-state index in [1.807, 2.05) is 62.2 Å². The molecule has 0 fully saturated rings. The summed E-state index contributed by atoms with van der Waals surface area (Å²) >= 11 is 0. The number of imidazole rings is 2. The minimum atomic E-state index is 0.0552. The van der Waals surface area contributed by atoms with Crippen molar-refractivity contribution in [3.8, 4) is 17.5 Å². The topological polar surface area (TPSA) is 68.3 Å². The largest absolute Gasteiger partial charge is 0.303 e. The highest BCUT2D eigenvalue weighted by Gasteiger charge is 2.12. The van der Waals surface area contributed by atoms with Gasteiger partial charge in [-0.15, -0.1) is 0 Å². The van der Waals surface area contributed by atoms with Crippen molar-refractivity contribution in [3.05, 3.63) is 113 Å². The van der Waals surface area contributed by atoms with Crippen LogP contribution >= 0.6 is 0 Å². The van der Waals surface area contributed by atoms with Crippen LogP contribution in [0.4, 0.5) is 0 Å². The number of carbonyl (C=O) groups excluding carboxylic acids is 1. The summed E-state index contributed by atoms with van der Waals surface area (Å²) in [6, 6.07) is 12.0. The van der Waals surface area contributed by atoms with Crippen LogP contribution in [0.1, 0.15) is 44.1 Å². The first-order chi connectivity index (χ1) is 17.9. The van der Waals surface area contributed by atoms with Crippen LogP contribution < -0.4 is 0 Å². The number of aromatic nitrogens is 5. The maximum absolute atomic E-state index is 13.3. The van der Waals surface area contributed by atoms with Crippen molar-refractivity contribution in [2.75, 3.05) is 14.1 Å². The van der Waals surface area contributed by atoms with Gasteiger partial charge in [0.25, 0.3) is 0 Å². The number of Topliss-reactive ketones (excluding diaryl/α,β-unsaturated/α-hetero) is 1. The molecule has 5 rings (SSSR count). The van der Waals surface area contributed by atoms with Crippen LogP contribution in [0.2, 0.25) is 0 Å². The van der Waals surface area contributed by atoms with Crippen molar-refractivity contribution in [1.29, 1.82) is 0 Å². The third kappa shape index (κ3) is 5.35. The Morgan fingerprint density at radius 2 is 1.84 bits per heavy atom. The molecule has 0 atom stereocenters. The van der Waals surface area contributed by atoms with Crippen LogP contribution in [-0.4, -0.2) is 48.7 Å². The second kappa shape index (κ2) is 10.2. The summed E-state index contributed by atoms with van der Waals surface area (Å²) in [7, 11) is 4.05. The molecule has 0 N–H and O–H groups in total. The van der Waals surface area contributed by atoms with Crippen molar-refractivity contribution in [3.63, 3.8) is 0 Å². The molecule has 2 aromatic carbocycles. The second-order valence-electron chi connectivity index (χ2n) is 9.46. The number of ketones is 1. The molecule has 0 saturated carbocycles. The summed E-state index contributed by atoms with van der Waals surface area (Å²) in [5.74, 6) is 7.43. The molecule has 0 aliphatic heterocycles. The third-order valence-electron chi connectivity index (χ3n) is 6.14. The predicted octanol–water partition coefficient (Wildman–Crippen LogP) is 4.42. The van der Waals surface area contributed by atoms with Gasteiger partial charge in [0, 0.05) is 48.0 Å². The molecule has 3 aromatic heterocycles. The zero-order chi connectivity index (χ0) is 25.9. The Labute approximate surface area is 216 Å². The van der Waals surface area contributed by atoms with Gasteiger partial charge in [0.05, 0.1) is 18.9 Å². The Morgan fingerprint density at radius 1 is 0.973 bits per heavy atom. The molecule has 0 bridgehead atoms. The van der Waals surface area contributed by atoms with E-state index < -0.39 is 0 Å². The molecule has 0 aliphatic rings. The molecule has 5 aromatic rings. The fraction of sp³-hybridized carbons (Fsp3) is 0.200.